The topological polar surface area (TPSA) is 49.2 Å². The fourth-order valence-corrected chi connectivity index (χ4v) is 2.97. The minimum Gasteiger partial charge on any atom is -0.496 e. The maximum Gasteiger partial charge on any atom is 0.408 e. The molecular formula is C17H20F3N3O2. The van der Waals surface area contributed by atoms with Crippen molar-refractivity contribution in [3.05, 3.63) is 41.5 Å². The molecule has 0 radical (unpaired) electrons. The van der Waals surface area contributed by atoms with Gasteiger partial charge in [0, 0.05) is 18.6 Å². The molecule has 3 rings (SSSR count). The smallest absolute Gasteiger partial charge is 0.408 e. The molecule has 5 nitrogen and oxygen atoms in total. The second-order valence-corrected chi connectivity index (χ2v) is 6.00. The van der Waals surface area contributed by atoms with Crippen LogP contribution in [0.4, 0.5) is 13.2 Å². The first-order valence-corrected chi connectivity index (χ1v) is 8.20. The van der Waals surface area contributed by atoms with Crippen LogP contribution >= 0.6 is 0 Å². The molecule has 136 valence electrons. The summed E-state index contributed by atoms with van der Waals surface area (Å²) in [4.78, 5) is 4.36. The van der Waals surface area contributed by atoms with E-state index in [0.29, 0.717) is 31.0 Å². The Morgan fingerprint density at radius 3 is 2.76 bits per heavy atom. The van der Waals surface area contributed by atoms with Crippen LogP contribution in [0.2, 0.25) is 0 Å². The lowest BCUT2D eigenvalue weighted by Crippen LogP contribution is -2.24. The molecule has 25 heavy (non-hydrogen) atoms. The number of hydrogen-bond donors (Lipinski definition) is 0. The monoisotopic (exact) mass is 355 g/mol. The zero-order valence-corrected chi connectivity index (χ0v) is 13.9. The molecule has 1 fully saturated rings. The van der Waals surface area contributed by atoms with E-state index in [1.165, 1.54) is 0 Å². The first kappa shape index (κ1) is 17.7. The van der Waals surface area contributed by atoms with Crippen molar-refractivity contribution in [3.8, 4) is 5.75 Å². The summed E-state index contributed by atoms with van der Waals surface area (Å²) in [6.07, 6.45) is -2.02. The highest BCUT2D eigenvalue weighted by atomic mass is 19.4. The van der Waals surface area contributed by atoms with E-state index in [1.54, 1.807) is 13.2 Å². The summed E-state index contributed by atoms with van der Waals surface area (Å²) in [7, 11) is 1.55. The molecule has 1 unspecified atom stereocenters. The summed E-state index contributed by atoms with van der Waals surface area (Å²) in [6.45, 7) is -0.632. The van der Waals surface area contributed by atoms with Gasteiger partial charge in [-0.3, -0.25) is 0 Å². The molecular weight excluding hydrogens is 335 g/mol. The molecule has 1 aromatic carbocycles. The summed E-state index contributed by atoms with van der Waals surface area (Å²) < 4.78 is 50.5. The van der Waals surface area contributed by atoms with Gasteiger partial charge in [0.05, 0.1) is 7.11 Å². The Bertz CT molecular complexity index is 709. The van der Waals surface area contributed by atoms with Crippen LogP contribution in [0.15, 0.2) is 24.3 Å². The van der Waals surface area contributed by atoms with Gasteiger partial charge in [-0.2, -0.15) is 18.3 Å². The van der Waals surface area contributed by atoms with Gasteiger partial charge in [0.25, 0.3) is 0 Å². The quantitative estimate of drug-likeness (QED) is 0.821. The van der Waals surface area contributed by atoms with Crippen LogP contribution in [0.1, 0.15) is 42.6 Å². The van der Waals surface area contributed by atoms with Crippen molar-refractivity contribution in [2.75, 3.05) is 13.7 Å². The molecule has 1 aliphatic heterocycles. The second kappa shape index (κ2) is 7.43. The Labute approximate surface area is 143 Å². The van der Waals surface area contributed by atoms with Gasteiger partial charge < -0.3 is 9.47 Å². The van der Waals surface area contributed by atoms with Crippen LogP contribution in [-0.4, -0.2) is 34.7 Å². The Hall–Kier alpha value is -2.09. The van der Waals surface area contributed by atoms with E-state index in [4.69, 9.17) is 9.47 Å². The van der Waals surface area contributed by atoms with Gasteiger partial charge in [0.2, 0.25) is 0 Å². The van der Waals surface area contributed by atoms with Gasteiger partial charge in [-0.1, -0.05) is 18.2 Å². The number of aromatic nitrogens is 3. The third-order valence-electron chi connectivity index (χ3n) is 4.08. The molecule has 0 N–H and O–H groups in total. The summed E-state index contributed by atoms with van der Waals surface area (Å²) in [5.74, 6) is 1.24. The van der Waals surface area contributed by atoms with E-state index in [-0.39, 0.29) is 5.82 Å². The van der Waals surface area contributed by atoms with E-state index in [0.717, 1.165) is 23.1 Å². The predicted molar refractivity (Wildman–Crippen MR) is 84.4 cm³/mol. The predicted octanol–water partition coefficient (Wildman–Crippen LogP) is 3.68. The van der Waals surface area contributed by atoms with Crippen molar-refractivity contribution in [1.82, 2.24) is 14.8 Å². The summed E-state index contributed by atoms with van der Waals surface area (Å²) >= 11 is 0. The number of para-hydroxylation sites is 1. The SMILES string of the molecule is COc1ccccc1Cc1nc(C2CCCCO2)n(CC(F)(F)F)n1. The molecule has 0 spiro atoms. The number of benzene rings is 1. The summed E-state index contributed by atoms with van der Waals surface area (Å²) in [5, 5.41) is 4.09. The van der Waals surface area contributed by atoms with Crippen molar-refractivity contribution < 1.29 is 22.6 Å². The average molecular weight is 355 g/mol. The van der Waals surface area contributed by atoms with Gasteiger partial charge in [0.1, 0.15) is 18.4 Å². The fourth-order valence-electron chi connectivity index (χ4n) is 2.97. The molecule has 1 saturated heterocycles. The van der Waals surface area contributed by atoms with Crippen molar-refractivity contribution in [2.24, 2.45) is 0 Å². The number of halogens is 3. The van der Waals surface area contributed by atoms with Crippen LogP contribution in [-0.2, 0) is 17.7 Å². The Morgan fingerprint density at radius 2 is 2.08 bits per heavy atom. The number of methoxy groups -OCH3 is 1. The molecule has 0 aliphatic carbocycles. The zero-order valence-electron chi connectivity index (χ0n) is 13.9. The first-order valence-electron chi connectivity index (χ1n) is 8.20. The van der Waals surface area contributed by atoms with E-state index < -0.39 is 18.8 Å². The first-order chi connectivity index (χ1) is 12.0. The molecule has 2 aromatic rings. The van der Waals surface area contributed by atoms with E-state index in [1.807, 2.05) is 18.2 Å². The van der Waals surface area contributed by atoms with Crippen LogP contribution < -0.4 is 4.74 Å². The molecule has 0 bridgehead atoms. The summed E-state index contributed by atoms with van der Waals surface area (Å²) in [5.41, 5.74) is 0.824. The fraction of sp³-hybridized carbons (Fsp3) is 0.529. The highest BCUT2D eigenvalue weighted by Crippen LogP contribution is 2.29. The minimum absolute atomic E-state index is 0.252. The van der Waals surface area contributed by atoms with Gasteiger partial charge >= 0.3 is 6.18 Å². The van der Waals surface area contributed by atoms with Gasteiger partial charge in [-0.05, 0) is 25.3 Å². The van der Waals surface area contributed by atoms with E-state index in [9.17, 15) is 13.2 Å². The molecule has 1 aliphatic rings. The van der Waals surface area contributed by atoms with Crippen molar-refractivity contribution in [2.45, 2.75) is 44.5 Å². The third kappa shape index (κ3) is 4.50. The van der Waals surface area contributed by atoms with Crippen LogP contribution in [0.3, 0.4) is 0 Å². The normalized spacial score (nSPS) is 18.3. The largest absolute Gasteiger partial charge is 0.496 e. The lowest BCUT2D eigenvalue weighted by atomic mass is 10.1. The Morgan fingerprint density at radius 1 is 1.28 bits per heavy atom. The lowest BCUT2D eigenvalue weighted by molar-refractivity contribution is -0.144. The highest BCUT2D eigenvalue weighted by molar-refractivity contribution is 5.35. The molecule has 0 saturated carbocycles. The van der Waals surface area contributed by atoms with Gasteiger partial charge in [-0.15, -0.1) is 0 Å². The molecule has 0 amide bonds. The maximum absolute atomic E-state index is 12.9. The van der Waals surface area contributed by atoms with Crippen LogP contribution in [0, 0.1) is 0 Å². The lowest BCUT2D eigenvalue weighted by Gasteiger charge is -2.22. The van der Waals surface area contributed by atoms with Crippen molar-refractivity contribution in [3.63, 3.8) is 0 Å². The Kier molecular flexibility index (Phi) is 5.27. The van der Waals surface area contributed by atoms with E-state index >= 15 is 0 Å². The second-order valence-electron chi connectivity index (χ2n) is 6.00. The standard InChI is InChI=1S/C17H20F3N3O2/c1-24-13-7-3-2-6-12(13)10-15-21-16(14-8-4-5-9-25-14)23(22-15)11-17(18,19)20/h2-3,6-7,14H,4-5,8-11H2,1H3. The van der Waals surface area contributed by atoms with Gasteiger partial charge in [-0.25, -0.2) is 9.67 Å². The number of nitrogens with zero attached hydrogens (tertiary/aromatic N) is 3. The zero-order chi connectivity index (χ0) is 17.9. The average Bonchev–Trinajstić information content (AvgIpc) is 2.96. The maximum atomic E-state index is 12.9. The summed E-state index contributed by atoms with van der Waals surface area (Å²) in [6, 6.07) is 7.32. The molecule has 8 heteroatoms. The molecule has 1 atom stereocenters. The molecule has 2 heterocycles. The van der Waals surface area contributed by atoms with Gasteiger partial charge in [0.15, 0.2) is 11.6 Å². The van der Waals surface area contributed by atoms with Crippen LogP contribution in [0.25, 0.3) is 0 Å². The number of rotatable bonds is 5. The number of alkyl halides is 3. The number of hydrogen-bond acceptors (Lipinski definition) is 4. The number of ether oxygens (including phenoxy) is 2. The van der Waals surface area contributed by atoms with Crippen LogP contribution in [0.5, 0.6) is 5.75 Å². The minimum atomic E-state index is -4.36. The van der Waals surface area contributed by atoms with Crippen molar-refractivity contribution >= 4 is 0 Å². The third-order valence-corrected chi connectivity index (χ3v) is 4.08. The Balaban J connectivity index is 1.89. The van der Waals surface area contributed by atoms with E-state index in [2.05, 4.69) is 10.1 Å². The molecule has 1 aromatic heterocycles. The van der Waals surface area contributed by atoms with Crippen molar-refractivity contribution in [1.29, 1.82) is 0 Å². The highest BCUT2D eigenvalue weighted by Gasteiger charge is 2.33.